The van der Waals surface area contributed by atoms with Gasteiger partial charge in [-0.1, -0.05) is 194 Å². The molecule has 290 valence electrons. The maximum absolute atomic E-state index is 6.39. The number of benzene rings is 9. The van der Waals surface area contributed by atoms with Crippen molar-refractivity contribution >= 4 is 21.9 Å². The van der Waals surface area contributed by atoms with E-state index in [4.69, 9.17) is 14.4 Å². The van der Waals surface area contributed by atoms with Crippen molar-refractivity contribution in [3.05, 3.63) is 253 Å². The Morgan fingerprint density at radius 3 is 1.63 bits per heavy atom. The molecule has 0 bridgehead atoms. The zero-order valence-electron chi connectivity index (χ0n) is 33.7. The van der Waals surface area contributed by atoms with Gasteiger partial charge in [0.1, 0.15) is 11.2 Å². The molecule has 62 heavy (non-hydrogen) atoms. The van der Waals surface area contributed by atoms with Crippen LogP contribution in [0.5, 0.6) is 0 Å². The van der Waals surface area contributed by atoms with Crippen molar-refractivity contribution in [1.29, 1.82) is 0 Å². The number of furan rings is 1. The van der Waals surface area contributed by atoms with Crippen LogP contribution in [0.1, 0.15) is 22.3 Å². The third-order valence-electron chi connectivity index (χ3n) is 12.6. The van der Waals surface area contributed by atoms with E-state index in [0.29, 0.717) is 5.82 Å². The number of fused-ring (bicyclic) bond motifs is 6. The molecule has 0 fully saturated rings. The molecule has 0 N–H and O–H groups in total. The second-order valence-corrected chi connectivity index (χ2v) is 16.0. The van der Waals surface area contributed by atoms with E-state index in [1.807, 2.05) is 18.2 Å². The molecule has 9 aromatic carbocycles. The Labute approximate surface area is 360 Å². The van der Waals surface area contributed by atoms with E-state index in [-0.39, 0.29) is 0 Å². The van der Waals surface area contributed by atoms with Crippen molar-refractivity contribution in [2.45, 2.75) is 5.41 Å². The van der Waals surface area contributed by atoms with Gasteiger partial charge in [0.25, 0.3) is 0 Å². The number of hydrogen-bond acceptors (Lipinski definition) is 3. The molecule has 0 aliphatic heterocycles. The summed E-state index contributed by atoms with van der Waals surface area (Å²) in [5, 5.41) is 2.20. The summed E-state index contributed by atoms with van der Waals surface area (Å²) in [7, 11) is 0. The minimum atomic E-state index is -0.528. The van der Waals surface area contributed by atoms with Gasteiger partial charge in [0.05, 0.1) is 16.8 Å². The third-order valence-corrected chi connectivity index (χ3v) is 12.6. The maximum Gasteiger partial charge on any atom is 0.160 e. The van der Waals surface area contributed by atoms with Gasteiger partial charge in [-0.3, -0.25) is 0 Å². The summed E-state index contributed by atoms with van der Waals surface area (Å²) in [6.07, 6.45) is 0. The molecule has 3 heteroatoms. The number of aromatic nitrogens is 2. The van der Waals surface area contributed by atoms with Crippen LogP contribution < -0.4 is 0 Å². The minimum absolute atomic E-state index is 0.528. The highest BCUT2D eigenvalue weighted by molar-refractivity contribution is 6.12. The first kappa shape index (κ1) is 35.8. The van der Waals surface area contributed by atoms with Crippen LogP contribution in [0, 0.1) is 0 Å². The second kappa shape index (κ2) is 14.5. The van der Waals surface area contributed by atoms with Crippen LogP contribution in [-0.2, 0) is 5.41 Å². The fourth-order valence-electron chi connectivity index (χ4n) is 9.90. The lowest BCUT2D eigenvalue weighted by molar-refractivity contribution is 0.669. The largest absolute Gasteiger partial charge is 0.456 e. The number of nitrogens with zero attached hydrogens (tertiary/aromatic N) is 2. The molecule has 0 amide bonds. The van der Waals surface area contributed by atoms with E-state index in [1.54, 1.807) is 0 Å². The first-order valence-electron chi connectivity index (χ1n) is 21.1. The van der Waals surface area contributed by atoms with Gasteiger partial charge < -0.3 is 4.42 Å². The lowest BCUT2D eigenvalue weighted by atomic mass is 9.67. The van der Waals surface area contributed by atoms with Crippen LogP contribution in [0.25, 0.3) is 89.2 Å². The average Bonchev–Trinajstić information content (AvgIpc) is 3.89. The Morgan fingerprint density at radius 1 is 0.339 bits per heavy atom. The van der Waals surface area contributed by atoms with Crippen molar-refractivity contribution in [1.82, 2.24) is 9.97 Å². The fourth-order valence-corrected chi connectivity index (χ4v) is 9.90. The molecule has 2 heterocycles. The molecule has 0 saturated heterocycles. The van der Waals surface area contributed by atoms with Crippen molar-refractivity contribution in [2.24, 2.45) is 0 Å². The van der Waals surface area contributed by atoms with Gasteiger partial charge >= 0.3 is 0 Å². The Bertz CT molecular complexity index is 3410. The van der Waals surface area contributed by atoms with Gasteiger partial charge in [0, 0.05) is 27.5 Å². The Balaban J connectivity index is 1.13. The van der Waals surface area contributed by atoms with Gasteiger partial charge in [0.15, 0.2) is 5.82 Å². The van der Waals surface area contributed by atoms with E-state index in [0.717, 1.165) is 72.3 Å². The Hall–Kier alpha value is -8.14. The standard InChI is InChI=1S/C59H38N2O/c1-5-19-39(20-6-1)41-35-42(46-29-18-34-55-57(46)49-28-14-16-33-54(49)62-55)37-43(36-41)52-38-53(61-58(60-52)40-21-7-2-8-22-40)48-30-17-32-51-56(48)47-27-13-15-31-50(47)59(51,44-23-9-3-10-24-44)45-25-11-4-12-26-45/h1-38H. The summed E-state index contributed by atoms with van der Waals surface area (Å²) >= 11 is 0. The van der Waals surface area contributed by atoms with E-state index in [2.05, 4.69) is 212 Å². The zero-order chi connectivity index (χ0) is 41.0. The van der Waals surface area contributed by atoms with Crippen molar-refractivity contribution in [3.63, 3.8) is 0 Å². The normalized spacial score (nSPS) is 12.6. The van der Waals surface area contributed by atoms with Gasteiger partial charge in [-0.2, -0.15) is 0 Å². The predicted molar refractivity (Wildman–Crippen MR) is 254 cm³/mol. The highest BCUT2D eigenvalue weighted by Crippen LogP contribution is 2.58. The summed E-state index contributed by atoms with van der Waals surface area (Å²) in [5.74, 6) is 0.675. The van der Waals surface area contributed by atoms with E-state index >= 15 is 0 Å². The molecule has 2 aromatic heterocycles. The van der Waals surface area contributed by atoms with Gasteiger partial charge in [0.2, 0.25) is 0 Å². The summed E-state index contributed by atoms with van der Waals surface area (Å²) < 4.78 is 6.39. The molecule has 12 rings (SSSR count). The van der Waals surface area contributed by atoms with Gasteiger partial charge in [-0.05, 0) is 92.0 Å². The molecule has 11 aromatic rings. The monoisotopic (exact) mass is 790 g/mol. The molecule has 0 saturated carbocycles. The third kappa shape index (κ3) is 5.67. The second-order valence-electron chi connectivity index (χ2n) is 16.0. The summed E-state index contributed by atoms with van der Waals surface area (Å²) in [4.78, 5) is 10.9. The zero-order valence-corrected chi connectivity index (χ0v) is 33.7. The van der Waals surface area contributed by atoms with Crippen LogP contribution in [0.3, 0.4) is 0 Å². The van der Waals surface area contributed by atoms with Gasteiger partial charge in [-0.25, -0.2) is 9.97 Å². The summed E-state index contributed by atoms with van der Waals surface area (Å²) in [6, 6.07) is 82.2. The fraction of sp³-hybridized carbons (Fsp3) is 0.0169. The lowest BCUT2D eigenvalue weighted by Crippen LogP contribution is -2.28. The molecule has 0 atom stereocenters. The lowest BCUT2D eigenvalue weighted by Gasteiger charge is -2.33. The van der Waals surface area contributed by atoms with Gasteiger partial charge in [-0.15, -0.1) is 0 Å². The Kier molecular flexibility index (Phi) is 8.39. The minimum Gasteiger partial charge on any atom is -0.456 e. The molecule has 0 unspecified atom stereocenters. The first-order chi connectivity index (χ1) is 30.7. The molecule has 1 aliphatic carbocycles. The molecule has 0 spiro atoms. The van der Waals surface area contributed by atoms with Crippen LogP contribution in [0.4, 0.5) is 0 Å². The van der Waals surface area contributed by atoms with Crippen molar-refractivity contribution < 1.29 is 4.42 Å². The molecule has 0 radical (unpaired) electrons. The van der Waals surface area contributed by atoms with Crippen LogP contribution in [-0.4, -0.2) is 9.97 Å². The predicted octanol–water partition coefficient (Wildman–Crippen LogP) is 15.1. The SMILES string of the molecule is c1ccc(-c2cc(-c3cc(-c4cccc5c4-c4ccccc4C5(c4ccccc4)c4ccccc4)nc(-c4ccccc4)n3)cc(-c3cccc4oc5ccccc5c34)c2)cc1. The highest BCUT2D eigenvalue weighted by atomic mass is 16.3. The molecular weight excluding hydrogens is 753 g/mol. The molecule has 1 aliphatic rings. The maximum atomic E-state index is 6.39. The van der Waals surface area contributed by atoms with E-state index in [1.165, 1.54) is 33.4 Å². The number of para-hydroxylation sites is 1. The molecule has 3 nitrogen and oxygen atoms in total. The summed E-state index contributed by atoms with van der Waals surface area (Å²) in [6.45, 7) is 0. The smallest absolute Gasteiger partial charge is 0.160 e. The van der Waals surface area contributed by atoms with Crippen molar-refractivity contribution in [3.8, 4) is 67.3 Å². The summed E-state index contributed by atoms with van der Waals surface area (Å²) in [5.41, 5.74) is 17.8. The van der Waals surface area contributed by atoms with Crippen LogP contribution in [0.15, 0.2) is 235 Å². The topological polar surface area (TPSA) is 38.9 Å². The van der Waals surface area contributed by atoms with Crippen LogP contribution in [0.2, 0.25) is 0 Å². The Morgan fingerprint density at radius 2 is 0.871 bits per heavy atom. The number of hydrogen-bond donors (Lipinski definition) is 0. The molecular formula is C59H38N2O. The van der Waals surface area contributed by atoms with E-state index in [9.17, 15) is 0 Å². The highest BCUT2D eigenvalue weighted by Gasteiger charge is 2.46. The average molecular weight is 791 g/mol. The first-order valence-corrected chi connectivity index (χ1v) is 21.1. The number of rotatable bonds is 7. The van der Waals surface area contributed by atoms with Crippen LogP contribution >= 0.6 is 0 Å². The van der Waals surface area contributed by atoms with E-state index < -0.39 is 5.41 Å². The quantitative estimate of drug-likeness (QED) is 0.161. The van der Waals surface area contributed by atoms with Crippen molar-refractivity contribution in [2.75, 3.05) is 0 Å².